The highest BCUT2D eigenvalue weighted by atomic mass is 35.5. The summed E-state index contributed by atoms with van der Waals surface area (Å²) in [7, 11) is 0. The molecule has 0 saturated heterocycles. The fourth-order valence-electron chi connectivity index (χ4n) is 1.33. The normalized spacial score (nSPS) is 14.9. The van der Waals surface area contributed by atoms with Crippen LogP contribution in [0.4, 0.5) is 0 Å². The first-order valence-corrected chi connectivity index (χ1v) is 4.36. The molecule has 0 nitrogen and oxygen atoms in total. The average Bonchev–Trinajstić information content (AvgIpc) is 2.29. The third kappa shape index (κ3) is 1.44. The maximum atomic E-state index is 5.89. The maximum Gasteiger partial charge on any atom is 0.0369 e. The SMILES string of the molecule is ClC1=CCc2ccccc2C=C1. The summed E-state index contributed by atoms with van der Waals surface area (Å²) in [6.07, 6.45) is 6.96. The van der Waals surface area contributed by atoms with Crippen molar-refractivity contribution in [3.05, 3.63) is 52.6 Å². The van der Waals surface area contributed by atoms with Crippen LogP contribution in [0.25, 0.3) is 6.08 Å². The van der Waals surface area contributed by atoms with Crippen LogP contribution in [0, 0.1) is 0 Å². The topological polar surface area (TPSA) is 0 Å². The Bertz CT molecular complexity index is 348. The first kappa shape index (κ1) is 7.63. The Morgan fingerprint density at radius 2 is 1.92 bits per heavy atom. The summed E-state index contributed by atoms with van der Waals surface area (Å²) in [5, 5.41) is 0.825. The summed E-state index contributed by atoms with van der Waals surface area (Å²) in [5.41, 5.74) is 2.61. The zero-order chi connectivity index (χ0) is 8.39. The van der Waals surface area contributed by atoms with E-state index in [9.17, 15) is 0 Å². The first-order valence-electron chi connectivity index (χ1n) is 3.98. The van der Waals surface area contributed by atoms with E-state index in [0.717, 1.165) is 11.5 Å². The van der Waals surface area contributed by atoms with Crippen LogP contribution < -0.4 is 0 Å². The van der Waals surface area contributed by atoms with Crippen LogP contribution in [0.5, 0.6) is 0 Å². The lowest BCUT2D eigenvalue weighted by atomic mass is 10.1. The Labute approximate surface area is 77.2 Å². The van der Waals surface area contributed by atoms with Gasteiger partial charge in [0.1, 0.15) is 0 Å². The quantitative estimate of drug-likeness (QED) is 0.569. The number of rotatable bonds is 0. The number of hydrogen-bond donors (Lipinski definition) is 0. The number of hydrogen-bond acceptors (Lipinski definition) is 0. The summed E-state index contributed by atoms with van der Waals surface area (Å²) in [4.78, 5) is 0. The minimum atomic E-state index is 0.825. The van der Waals surface area contributed by atoms with E-state index < -0.39 is 0 Å². The summed E-state index contributed by atoms with van der Waals surface area (Å²) < 4.78 is 0. The second-order valence-corrected chi connectivity index (χ2v) is 3.26. The molecule has 2 rings (SSSR count). The highest BCUT2D eigenvalue weighted by Crippen LogP contribution is 2.19. The molecule has 0 amide bonds. The van der Waals surface area contributed by atoms with Crippen molar-refractivity contribution in [3.63, 3.8) is 0 Å². The van der Waals surface area contributed by atoms with Gasteiger partial charge in [0.25, 0.3) is 0 Å². The van der Waals surface area contributed by atoms with Crippen LogP contribution in [0.2, 0.25) is 0 Å². The molecule has 1 aliphatic carbocycles. The standard InChI is InChI=1S/C11H9Cl/c12-11-7-5-9-3-1-2-4-10(9)6-8-11/h1-5,7-8H,6H2. The minimum Gasteiger partial charge on any atom is -0.0847 e. The van der Waals surface area contributed by atoms with Gasteiger partial charge in [0, 0.05) is 5.03 Å². The van der Waals surface area contributed by atoms with Crippen molar-refractivity contribution in [1.82, 2.24) is 0 Å². The van der Waals surface area contributed by atoms with E-state index in [2.05, 4.69) is 24.3 Å². The largest absolute Gasteiger partial charge is 0.0847 e. The second-order valence-electron chi connectivity index (χ2n) is 2.83. The molecule has 0 unspecified atom stereocenters. The Morgan fingerprint density at radius 1 is 1.08 bits per heavy atom. The lowest BCUT2D eigenvalue weighted by Crippen LogP contribution is -1.83. The van der Waals surface area contributed by atoms with Gasteiger partial charge in [0.2, 0.25) is 0 Å². The molecule has 12 heavy (non-hydrogen) atoms. The van der Waals surface area contributed by atoms with Crippen molar-refractivity contribution < 1.29 is 0 Å². The predicted octanol–water partition coefficient (Wildman–Crippen LogP) is 3.38. The summed E-state index contributed by atoms with van der Waals surface area (Å²) >= 11 is 5.89. The number of benzene rings is 1. The molecule has 1 aromatic carbocycles. The molecule has 0 atom stereocenters. The molecule has 60 valence electrons. The van der Waals surface area contributed by atoms with E-state index >= 15 is 0 Å². The van der Waals surface area contributed by atoms with Gasteiger partial charge in [0.15, 0.2) is 0 Å². The van der Waals surface area contributed by atoms with Crippen molar-refractivity contribution in [1.29, 1.82) is 0 Å². The second kappa shape index (κ2) is 3.16. The molecular weight excluding hydrogens is 168 g/mol. The molecule has 0 aromatic heterocycles. The van der Waals surface area contributed by atoms with Crippen molar-refractivity contribution >= 4 is 17.7 Å². The summed E-state index contributed by atoms with van der Waals surface area (Å²) in [6, 6.07) is 8.34. The van der Waals surface area contributed by atoms with Gasteiger partial charge in [-0.1, -0.05) is 48.0 Å². The fraction of sp³-hybridized carbons (Fsp3) is 0.0909. The summed E-state index contributed by atoms with van der Waals surface area (Å²) in [5.74, 6) is 0. The van der Waals surface area contributed by atoms with Gasteiger partial charge in [-0.05, 0) is 23.6 Å². The molecular formula is C11H9Cl. The molecule has 0 fully saturated rings. The van der Waals surface area contributed by atoms with Gasteiger partial charge in [0.05, 0.1) is 0 Å². The van der Waals surface area contributed by atoms with Gasteiger partial charge in [-0.2, -0.15) is 0 Å². The third-order valence-corrected chi connectivity index (χ3v) is 2.27. The first-order chi connectivity index (χ1) is 5.86. The molecule has 0 N–H and O–H groups in total. The average molecular weight is 177 g/mol. The van der Waals surface area contributed by atoms with Crippen molar-refractivity contribution in [2.24, 2.45) is 0 Å². The predicted molar refractivity (Wildman–Crippen MR) is 53.1 cm³/mol. The molecule has 0 radical (unpaired) electrons. The lowest BCUT2D eigenvalue weighted by Gasteiger charge is -1.99. The molecule has 0 spiro atoms. The monoisotopic (exact) mass is 176 g/mol. The molecule has 1 aromatic rings. The summed E-state index contributed by atoms with van der Waals surface area (Å²) in [6.45, 7) is 0. The number of fused-ring (bicyclic) bond motifs is 1. The Morgan fingerprint density at radius 3 is 2.83 bits per heavy atom. The highest BCUT2D eigenvalue weighted by Gasteiger charge is 2.00. The Balaban J connectivity index is 2.48. The van der Waals surface area contributed by atoms with Gasteiger partial charge in [-0.3, -0.25) is 0 Å². The molecule has 0 bridgehead atoms. The van der Waals surface area contributed by atoms with Gasteiger partial charge in [-0.15, -0.1) is 0 Å². The van der Waals surface area contributed by atoms with E-state index in [0.29, 0.717) is 0 Å². The van der Waals surface area contributed by atoms with E-state index in [1.807, 2.05) is 18.2 Å². The molecule has 0 saturated carbocycles. The number of halogens is 1. The molecule has 1 aliphatic rings. The van der Waals surface area contributed by atoms with Gasteiger partial charge < -0.3 is 0 Å². The Kier molecular flexibility index (Phi) is 2.01. The van der Waals surface area contributed by atoms with Crippen LogP contribution in [-0.2, 0) is 6.42 Å². The van der Waals surface area contributed by atoms with Crippen LogP contribution in [0.3, 0.4) is 0 Å². The highest BCUT2D eigenvalue weighted by molar-refractivity contribution is 6.31. The van der Waals surface area contributed by atoms with Crippen LogP contribution in [0.1, 0.15) is 11.1 Å². The van der Waals surface area contributed by atoms with Gasteiger partial charge >= 0.3 is 0 Å². The van der Waals surface area contributed by atoms with Crippen molar-refractivity contribution in [3.8, 4) is 0 Å². The van der Waals surface area contributed by atoms with E-state index in [1.165, 1.54) is 11.1 Å². The van der Waals surface area contributed by atoms with Crippen LogP contribution in [-0.4, -0.2) is 0 Å². The Hall–Kier alpha value is -1.01. The van der Waals surface area contributed by atoms with Gasteiger partial charge in [-0.25, -0.2) is 0 Å². The minimum absolute atomic E-state index is 0.825. The van der Waals surface area contributed by atoms with Crippen LogP contribution in [0.15, 0.2) is 41.4 Å². The smallest absolute Gasteiger partial charge is 0.0369 e. The fourth-order valence-corrected chi connectivity index (χ4v) is 1.47. The maximum absolute atomic E-state index is 5.89. The zero-order valence-electron chi connectivity index (χ0n) is 6.63. The lowest BCUT2D eigenvalue weighted by molar-refractivity contribution is 1.26. The van der Waals surface area contributed by atoms with E-state index in [4.69, 9.17) is 11.6 Å². The third-order valence-electron chi connectivity index (χ3n) is 1.99. The zero-order valence-corrected chi connectivity index (χ0v) is 7.38. The van der Waals surface area contributed by atoms with E-state index in [1.54, 1.807) is 0 Å². The van der Waals surface area contributed by atoms with E-state index in [-0.39, 0.29) is 0 Å². The van der Waals surface area contributed by atoms with Crippen molar-refractivity contribution in [2.45, 2.75) is 6.42 Å². The molecule has 0 aliphatic heterocycles. The van der Waals surface area contributed by atoms with Crippen LogP contribution >= 0.6 is 11.6 Å². The molecule has 1 heteroatoms. The number of allylic oxidation sites excluding steroid dienone is 3. The van der Waals surface area contributed by atoms with Crippen molar-refractivity contribution in [2.75, 3.05) is 0 Å². The molecule has 0 heterocycles.